The number of hydrogen-bond acceptors (Lipinski definition) is 5. The van der Waals surface area contributed by atoms with Crippen LogP contribution in [0.2, 0.25) is 0 Å². The van der Waals surface area contributed by atoms with E-state index in [0.717, 1.165) is 32.1 Å². The van der Waals surface area contributed by atoms with E-state index >= 15 is 0 Å². The number of ketones is 2. The highest BCUT2D eigenvalue weighted by Gasteiger charge is 2.63. The van der Waals surface area contributed by atoms with Crippen molar-refractivity contribution in [2.45, 2.75) is 84.7 Å². The van der Waals surface area contributed by atoms with Crippen molar-refractivity contribution in [2.24, 2.45) is 34.5 Å². The van der Waals surface area contributed by atoms with E-state index in [9.17, 15) is 19.2 Å². The molecule has 0 aliphatic heterocycles. The van der Waals surface area contributed by atoms with E-state index in [1.807, 2.05) is 6.08 Å². The number of rotatable bonds is 5. The summed E-state index contributed by atoms with van der Waals surface area (Å²) in [7, 11) is 0. The number of carboxylic acids is 1. The van der Waals surface area contributed by atoms with Crippen LogP contribution in [0.1, 0.15) is 78.6 Å². The van der Waals surface area contributed by atoms with Crippen LogP contribution in [-0.4, -0.2) is 34.7 Å². The Bertz CT molecular complexity index is 843. The molecule has 0 aromatic carbocycles. The maximum Gasteiger partial charge on any atom is 0.306 e. The highest BCUT2D eigenvalue weighted by atomic mass is 16.5. The molecule has 0 aromatic heterocycles. The molecule has 0 amide bonds. The van der Waals surface area contributed by atoms with E-state index < -0.39 is 11.9 Å². The van der Waals surface area contributed by atoms with Gasteiger partial charge in [-0.05, 0) is 74.2 Å². The molecule has 0 bridgehead atoms. The number of allylic oxidation sites excluding steroid dienone is 1. The summed E-state index contributed by atoms with van der Waals surface area (Å²) < 4.78 is 6.03. The van der Waals surface area contributed by atoms with Crippen LogP contribution in [0, 0.1) is 34.5 Å². The maximum atomic E-state index is 12.6. The van der Waals surface area contributed by atoms with Crippen LogP contribution in [0.15, 0.2) is 11.6 Å². The molecule has 4 aliphatic carbocycles. The van der Waals surface area contributed by atoms with Gasteiger partial charge in [0.2, 0.25) is 0 Å². The monoisotopic (exact) mass is 430 g/mol. The Kier molecular flexibility index (Phi) is 5.63. The van der Waals surface area contributed by atoms with E-state index in [0.29, 0.717) is 24.7 Å². The molecule has 4 aliphatic rings. The Hall–Kier alpha value is -1.98. The summed E-state index contributed by atoms with van der Waals surface area (Å²) in [6, 6.07) is 0. The summed E-state index contributed by atoms with van der Waals surface area (Å²) in [5.41, 5.74) is 0.790. The number of carbonyl (C=O) groups excluding carboxylic acids is 3. The van der Waals surface area contributed by atoms with Gasteiger partial charge < -0.3 is 9.84 Å². The third-order valence-electron chi connectivity index (χ3n) is 9.19. The second-order valence-electron chi connectivity index (χ2n) is 10.8. The third-order valence-corrected chi connectivity index (χ3v) is 9.19. The van der Waals surface area contributed by atoms with Crippen molar-refractivity contribution in [1.29, 1.82) is 0 Å². The molecule has 6 nitrogen and oxygen atoms in total. The maximum absolute atomic E-state index is 12.6. The molecular formula is C25H34O6. The van der Waals surface area contributed by atoms with Crippen molar-refractivity contribution in [2.75, 3.05) is 0 Å². The van der Waals surface area contributed by atoms with Gasteiger partial charge in [0, 0.05) is 18.3 Å². The molecule has 7 atom stereocenters. The van der Waals surface area contributed by atoms with Crippen LogP contribution < -0.4 is 0 Å². The van der Waals surface area contributed by atoms with Crippen LogP contribution in [0.25, 0.3) is 0 Å². The molecule has 31 heavy (non-hydrogen) atoms. The first-order valence-electron chi connectivity index (χ1n) is 11.7. The number of Topliss-reactive ketones (excluding diaryl/α,β-unsaturated/α-hetero) is 1. The van der Waals surface area contributed by atoms with Crippen LogP contribution in [0.4, 0.5) is 0 Å². The molecule has 0 spiro atoms. The molecule has 0 heterocycles. The number of ether oxygens (including phenoxy) is 1. The Morgan fingerprint density at radius 2 is 1.87 bits per heavy atom. The highest BCUT2D eigenvalue weighted by Crippen LogP contribution is 2.67. The molecule has 0 saturated heterocycles. The van der Waals surface area contributed by atoms with Crippen molar-refractivity contribution in [1.82, 2.24) is 0 Å². The van der Waals surface area contributed by atoms with E-state index in [1.165, 1.54) is 5.57 Å². The standard InChI is InChI=1S/C25H34O6/c1-14(26)18-6-7-19-17-5-4-15-12-16(27)10-11-24(15,2)23(17)20(13-25(18,19)3)31-22(30)9-8-21(28)29/h12,17-20,23H,4-11,13H2,1-3H3,(H,28,29)/t17?,18-,19?,20-,23?,24+,25-/m1/s1. The summed E-state index contributed by atoms with van der Waals surface area (Å²) in [5, 5.41) is 8.95. The predicted molar refractivity (Wildman–Crippen MR) is 113 cm³/mol. The van der Waals surface area contributed by atoms with Crippen molar-refractivity contribution in [3.05, 3.63) is 11.6 Å². The molecule has 1 N–H and O–H groups in total. The second kappa shape index (κ2) is 7.86. The summed E-state index contributed by atoms with van der Waals surface area (Å²) in [6.45, 7) is 6.09. The van der Waals surface area contributed by atoms with Gasteiger partial charge in [0.05, 0.1) is 12.8 Å². The van der Waals surface area contributed by atoms with E-state index in [1.54, 1.807) is 6.92 Å². The SMILES string of the molecule is CC(=O)[C@H]1CCC2C3CCC4=CC(=O)CC[C@]4(C)C3[C@H](OC(=O)CCC(=O)O)C[C@@]21C. The van der Waals surface area contributed by atoms with Gasteiger partial charge in [-0.1, -0.05) is 19.4 Å². The molecular weight excluding hydrogens is 396 g/mol. The normalized spacial score (nSPS) is 41.5. The number of hydrogen-bond donors (Lipinski definition) is 1. The summed E-state index contributed by atoms with van der Waals surface area (Å²) in [5.74, 6) is -0.248. The lowest BCUT2D eigenvalue weighted by molar-refractivity contribution is -0.178. The Labute approximate surface area is 183 Å². The van der Waals surface area contributed by atoms with Crippen molar-refractivity contribution in [3.8, 4) is 0 Å². The molecule has 0 aromatic rings. The first-order valence-corrected chi connectivity index (χ1v) is 11.7. The zero-order valence-corrected chi connectivity index (χ0v) is 18.8. The van der Waals surface area contributed by atoms with Gasteiger partial charge in [0.25, 0.3) is 0 Å². The Balaban J connectivity index is 1.70. The number of esters is 1. The van der Waals surface area contributed by atoms with Crippen molar-refractivity contribution in [3.63, 3.8) is 0 Å². The fourth-order valence-electron chi connectivity index (χ4n) is 7.87. The lowest BCUT2D eigenvalue weighted by Crippen LogP contribution is -2.58. The van der Waals surface area contributed by atoms with Crippen molar-refractivity contribution < 1.29 is 29.0 Å². The fraction of sp³-hybridized carbons (Fsp3) is 0.760. The lowest BCUT2D eigenvalue weighted by Gasteiger charge is -2.60. The fourth-order valence-corrected chi connectivity index (χ4v) is 7.87. The molecule has 6 heteroatoms. The molecule has 0 radical (unpaired) electrons. The van der Waals surface area contributed by atoms with Crippen LogP contribution in [0.3, 0.4) is 0 Å². The third kappa shape index (κ3) is 3.66. The average Bonchev–Trinajstić information content (AvgIpc) is 3.03. The highest BCUT2D eigenvalue weighted by molar-refractivity contribution is 5.91. The van der Waals surface area contributed by atoms with Gasteiger partial charge in [-0.15, -0.1) is 0 Å². The summed E-state index contributed by atoms with van der Waals surface area (Å²) in [6.07, 6.45) is 6.75. The molecule has 3 fully saturated rings. The minimum Gasteiger partial charge on any atom is -0.481 e. The van der Waals surface area contributed by atoms with Crippen LogP contribution >= 0.6 is 0 Å². The van der Waals surface area contributed by atoms with Gasteiger partial charge in [-0.2, -0.15) is 0 Å². The molecule has 3 saturated carbocycles. The predicted octanol–water partition coefficient (Wildman–Crippen LogP) is 4.11. The van der Waals surface area contributed by atoms with Gasteiger partial charge in [0.15, 0.2) is 5.78 Å². The zero-order valence-electron chi connectivity index (χ0n) is 18.8. The minimum atomic E-state index is -1.02. The summed E-state index contributed by atoms with van der Waals surface area (Å²) >= 11 is 0. The largest absolute Gasteiger partial charge is 0.481 e. The van der Waals surface area contributed by atoms with Gasteiger partial charge >= 0.3 is 11.9 Å². The number of aliphatic carboxylic acids is 1. The number of carbonyl (C=O) groups is 4. The first kappa shape index (κ1) is 22.2. The van der Waals surface area contributed by atoms with Gasteiger partial charge in [-0.25, -0.2) is 0 Å². The second-order valence-corrected chi connectivity index (χ2v) is 10.8. The van der Waals surface area contributed by atoms with E-state index in [2.05, 4.69) is 13.8 Å². The number of fused-ring (bicyclic) bond motifs is 5. The molecule has 170 valence electrons. The zero-order chi connectivity index (χ0) is 22.6. The van der Waals surface area contributed by atoms with Crippen LogP contribution in [0.5, 0.6) is 0 Å². The minimum absolute atomic E-state index is 0.0173. The van der Waals surface area contributed by atoms with Crippen LogP contribution in [-0.2, 0) is 23.9 Å². The quantitative estimate of drug-likeness (QED) is 0.659. The molecule has 4 rings (SSSR count). The summed E-state index contributed by atoms with van der Waals surface area (Å²) in [4.78, 5) is 48.1. The Morgan fingerprint density at radius 3 is 2.55 bits per heavy atom. The van der Waals surface area contributed by atoms with Crippen molar-refractivity contribution >= 4 is 23.5 Å². The molecule has 3 unspecified atom stereocenters. The Morgan fingerprint density at radius 1 is 1.13 bits per heavy atom. The lowest BCUT2D eigenvalue weighted by atomic mass is 9.46. The van der Waals surface area contributed by atoms with E-state index in [-0.39, 0.29) is 53.2 Å². The first-order chi connectivity index (χ1) is 14.6. The van der Waals surface area contributed by atoms with Gasteiger partial charge in [-0.3, -0.25) is 19.2 Å². The average molecular weight is 431 g/mol. The smallest absolute Gasteiger partial charge is 0.306 e. The van der Waals surface area contributed by atoms with Gasteiger partial charge in [0.1, 0.15) is 11.9 Å². The topological polar surface area (TPSA) is 97.7 Å². The number of carboxylic acid groups (broad SMARTS) is 1. The van der Waals surface area contributed by atoms with E-state index in [4.69, 9.17) is 9.84 Å².